The summed E-state index contributed by atoms with van der Waals surface area (Å²) >= 11 is 1.33. The molecule has 41 heavy (non-hydrogen) atoms. The van der Waals surface area contributed by atoms with E-state index in [4.69, 9.17) is 4.74 Å². The first kappa shape index (κ1) is 29.7. The quantitative estimate of drug-likeness (QED) is 0.199. The van der Waals surface area contributed by atoms with Crippen LogP contribution in [0, 0.1) is 0 Å². The Morgan fingerprint density at radius 2 is 1.76 bits per heavy atom. The molecule has 11 nitrogen and oxygen atoms in total. The van der Waals surface area contributed by atoms with Crippen LogP contribution in [0.15, 0.2) is 30.3 Å². The molecule has 2 aromatic carbocycles. The van der Waals surface area contributed by atoms with Crippen molar-refractivity contribution < 1.29 is 34.4 Å². The van der Waals surface area contributed by atoms with Crippen molar-refractivity contribution in [1.29, 1.82) is 0 Å². The maximum atomic E-state index is 13.4. The Balaban J connectivity index is 1.17. The summed E-state index contributed by atoms with van der Waals surface area (Å²) in [5, 5.41) is 37.6. The van der Waals surface area contributed by atoms with Gasteiger partial charge in [-0.3, -0.25) is 19.3 Å². The van der Waals surface area contributed by atoms with E-state index in [1.807, 2.05) is 24.3 Å². The summed E-state index contributed by atoms with van der Waals surface area (Å²) < 4.78 is 5.73. The second-order valence-corrected chi connectivity index (χ2v) is 11.9. The highest BCUT2D eigenvalue weighted by Gasteiger charge is 2.44. The Morgan fingerprint density at radius 1 is 1.02 bits per heavy atom. The number of carbonyl (C=O) groups is 3. The molecule has 222 valence electrons. The number of nitrogens with zero attached hydrogens (tertiary/aromatic N) is 2. The number of hydrogen-bond acceptors (Lipinski definition) is 10. The monoisotopic (exact) mass is 586 g/mol. The molecule has 0 aromatic heterocycles. The lowest BCUT2D eigenvalue weighted by Crippen LogP contribution is -2.63. The lowest BCUT2D eigenvalue weighted by Gasteiger charge is -2.42. The fourth-order valence-corrected chi connectivity index (χ4v) is 7.07. The molecule has 0 bridgehead atoms. The molecule has 2 fully saturated rings. The molecule has 0 radical (unpaired) electrons. The van der Waals surface area contributed by atoms with Crippen molar-refractivity contribution in [3.8, 4) is 0 Å². The molecule has 5 atom stereocenters. The molecule has 3 aliphatic rings. The van der Waals surface area contributed by atoms with Gasteiger partial charge in [0, 0.05) is 73.0 Å². The van der Waals surface area contributed by atoms with E-state index in [1.165, 1.54) is 30.0 Å². The summed E-state index contributed by atoms with van der Waals surface area (Å²) in [5.41, 5.74) is 1.50. The van der Waals surface area contributed by atoms with Gasteiger partial charge in [-0.25, -0.2) is 0 Å². The number of carbonyl (C=O) groups excluding carboxylic acids is 3. The van der Waals surface area contributed by atoms with E-state index >= 15 is 0 Å². The number of ether oxygens (including phenoxy) is 1. The highest BCUT2D eigenvalue weighted by atomic mass is 32.2. The molecule has 2 aromatic rings. The number of amides is 3. The highest BCUT2D eigenvalue weighted by molar-refractivity contribution is 7.99. The number of rotatable bonds is 10. The topological polar surface area (TPSA) is 152 Å². The summed E-state index contributed by atoms with van der Waals surface area (Å²) in [7, 11) is 0. The van der Waals surface area contributed by atoms with Gasteiger partial charge in [0.25, 0.3) is 11.8 Å². The minimum absolute atomic E-state index is 0.206. The van der Waals surface area contributed by atoms with Gasteiger partial charge >= 0.3 is 0 Å². The van der Waals surface area contributed by atoms with Crippen LogP contribution in [0.1, 0.15) is 46.9 Å². The van der Waals surface area contributed by atoms with Crippen LogP contribution in [0.25, 0.3) is 10.8 Å². The second-order valence-electron chi connectivity index (χ2n) is 10.7. The van der Waals surface area contributed by atoms with Gasteiger partial charge in [-0.05, 0) is 37.5 Å². The highest BCUT2D eigenvalue weighted by Crippen LogP contribution is 2.37. The Bertz CT molecular complexity index is 1270. The predicted molar refractivity (Wildman–Crippen MR) is 156 cm³/mol. The largest absolute Gasteiger partial charge is 0.394 e. The molecule has 5 N–H and O–H groups in total. The molecule has 3 amide bonds. The van der Waals surface area contributed by atoms with Crippen LogP contribution in [-0.4, -0.2) is 113 Å². The van der Waals surface area contributed by atoms with Gasteiger partial charge in [-0.1, -0.05) is 12.1 Å². The minimum Gasteiger partial charge on any atom is -0.394 e. The van der Waals surface area contributed by atoms with E-state index in [0.29, 0.717) is 30.0 Å². The fourth-order valence-electron chi connectivity index (χ4n) is 5.92. The third-order valence-corrected chi connectivity index (χ3v) is 9.16. The lowest BCUT2D eigenvalue weighted by atomic mass is 9.92. The summed E-state index contributed by atoms with van der Waals surface area (Å²) in [5.74, 6) is -0.440. The third-order valence-electron chi connectivity index (χ3n) is 7.99. The number of nitrogens with one attached hydrogen (secondary N) is 2. The van der Waals surface area contributed by atoms with E-state index in [2.05, 4.69) is 15.5 Å². The average Bonchev–Trinajstić information content (AvgIpc) is 2.98. The van der Waals surface area contributed by atoms with Gasteiger partial charge in [0.1, 0.15) is 23.7 Å². The third kappa shape index (κ3) is 6.08. The van der Waals surface area contributed by atoms with Crippen molar-refractivity contribution in [3.05, 3.63) is 41.5 Å². The molecular formula is C29H38N4O7S. The fraction of sp³-hybridized carbons (Fsp3) is 0.552. The van der Waals surface area contributed by atoms with Crippen LogP contribution >= 0.6 is 11.8 Å². The average molecular weight is 587 g/mol. The number of anilines is 1. The lowest BCUT2D eigenvalue weighted by molar-refractivity contribution is -0.173. The number of imide groups is 1. The molecule has 3 aliphatic heterocycles. The van der Waals surface area contributed by atoms with Gasteiger partial charge < -0.3 is 35.6 Å². The zero-order valence-electron chi connectivity index (χ0n) is 23.1. The molecule has 0 unspecified atom stereocenters. The Labute approximate surface area is 243 Å². The SMILES string of the molecule is CC(=O)N[C@@H]1[C@@H](O)[C@H](O)[C@@H](CO)O[C@H]1SCCNCCN1C(=O)c2cccc3c(N4CCCCC4)ccc(c23)C1=O. The first-order valence-corrected chi connectivity index (χ1v) is 15.3. The smallest absolute Gasteiger partial charge is 0.261 e. The summed E-state index contributed by atoms with van der Waals surface area (Å²) in [4.78, 5) is 42.1. The Morgan fingerprint density at radius 3 is 2.46 bits per heavy atom. The van der Waals surface area contributed by atoms with Crippen LogP contribution in [0.4, 0.5) is 5.69 Å². The van der Waals surface area contributed by atoms with Crippen LogP contribution < -0.4 is 15.5 Å². The minimum atomic E-state index is -1.32. The standard InChI is InChI=1S/C29H38N4O7S/c1-17(35)31-24-26(37)25(36)22(16-34)40-29(24)41-15-11-30-10-14-33-27(38)19-7-5-6-18-21(32-12-3-2-4-13-32)9-8-20(23(18)19)28(33)39/h5-9,22,24-26,29-30,34,36-37H,2-4,10-16H2,1H3,(H,31,35)/t22-,24-,25-,26-,29+/m1/s1. The normalized spacial score (nSPS) is 26.5. The van der Waals surface area contributed by atoms with E-state index in [1.54, 1.807) is 6.07 Å². The molecule has 12 heteroatoms. The summed E-state index contributed by atoms with van der Waals surface area (Å²) in [6.45, 7) is 3.89. The van der Waals surface area contributed by atoms with Gasteiger partial charge in [-0.15, -0.1) is 11.8 Å². The Kier molecular flexibility index (Phi) is 9.47. The molecule has 2 saturated heterocycles. The van der Waals surface area contributed by atoms with Gasteiger partial charge in [-0.2, -0.15) is 0 Å². The first-order valence-electron chi connectivity index (χ1n) is 14.2. The summed E-state index contributed by atoms with van der Waals surface area (Å²) in [6, 6.07) is 8.69. The van der Waals surface area contributed by atoms with Crippen molar-refractivity contribution in [2.24, 2.45) is 0 Å². The molecule has 0 spiro atoms. The number of hydrogen-bond donors (Lipinski definition) is 5. The van der Waals surface area contributed by atoms with Crippen LogP contribution in [-0.2, 0) is 9.53 Å². The molecule has 0 saturated carbocycles. The van der Waals surface area contributed by atoms with Crippen LogP contribution in [0.5, 0.6) is 0 Å². The van der Waals surface area contributed by atoms with Gasteiger partial charge in [0.15, 0.2) is 0 Å². The summed E-state index contributed by atoms with van der Waals surface area (Å²) in [6.07, 6.45) is -0.0661. The number of thioether (sulfide) groups is 1. The number of aliphatic hydroxyl groups excluding tert-OH is 3. The van der Waals surface area contributed by atoms with Gasteiger partial charge in [0.2, 0.25) is 5.91 Å². The van der Waals surface area contributed by atoms with Crippen molar-refractivity contribution >= 4 is 45.9 Å². The number of piperidine rings is 1. The first-order chi connectivity index (χ1) is 19.8. The Hall–Kier alpha value is -2.74. The zero-order chi connectivity index (χ0) is 29.1. The maximum Gasteiger partial charge on any atom is 0.261 e. The van der Waals surface area contributed by atoms with E-state index in [9.17, 15) is 29.7 Å². The van der Waals surface area contributed by atoms with Crippen LogP contribution in [0.3, 0.4) is 0 Å². The number of aliphatic hydroxyl groups is 3. The van der Waals surface area contributed by atoms with Crippen molar-refractivity contribution in [2.45, 2.75) is 56.0 Å². The van der Waals surface area contributed by atoms with Crippen molar-refractivity contribution in [3.63, 3.8) is 0 Å². The van der Waals surface area contributed by atoms with E-state index < -0.39 is 36.4 Å². The van der Waals surface area contributed by atoms with Crippen LogP contribution in [0.2, 0.25) is 0 Å². The van der Waals surface area contributed by atoms with Gasteiger partial charge in [0.05, 0.1) is 12.6 Å². The van der Waals surface area contributed by atoms with Crippen molar-refractivity contribution in [2.75, 3.05) is 50.0 Å². The van der Waals surface area contributed by atoms with E-state index in [-0.39, 0.29) is 24.3 Å². The molecule has 5 rings (SSSR count). The second kappa shape index (κ2) is 13.1. The number of benzene rings is 2. The maximum absolute atomic E-state index is 13.4. The van der Waals surface area contributed by atoms with Crippen molar-refractivity contribution in [1.82, 2.24) is 15.5 Å². The predicted octanol–water partition coefficient (Wildman–Crippen LogP) is 0.693. The molecule has 3 heterocycles. The zero-order valence-corrected chi connectivity index (χ0v) is 23.9. The van der Waals surface area contributed by atoms with E-state index in [0.717, 1.165) is 42.4 Å². The molecular weight excluding hydrogens is 548 g/mol. The molecule has 0 aliphatic carbocycles.